The lowest BCUT2D eigenvalue weighted by Crippen LogP contribution is -2.61. The summed E-state index contributed by atoms with van der Waals surface area (Å²) in [5, 5.41) is 2.42. The third kappa shape index (κ3) is 2.85. The highest BCUT2D eigenvalue weighted by molar-refractivity contribution is 7.13. The molecular weight excluding hydrogens is 407 g/mol. The molecule has 0 bridgehead atoms. The van der Waals surface area contributed by atoms with Crippen molar-refractivity contribution in [2.24, 2.45) is 23.5 Å². The summed E-state index contributed by atoms with van der Waals surface area (Å²) in [4.78, 5) is 17.9. The summed E-state index contributed by atoms with van der Waals surface area (Å²) < 4.78 is 45.4. The Balaban J connectivity index is 2.03. The zero-order chi connectivity index (χ0) is 21.1. The van der Waals surface area contributed by atoms with E-state index in [1.165, 1.54) is 18.4 Å². The van der Waals surface area contributed by atoms with Gasteiger partial charge in [-0.2, -0.15) is 13.2 Å². The van der Waals surface area contributed by atoms with Crippen LogP contribution in [-0.2, 0) is 22.4 Å². The van der Waals surface area contributed by atoms with Gasteiger partial charge in [0.15, 0.2) is 0 Å². The molecule has 2 aromatic heterocycles. The van der Waals surface area contributed by atoms with Gasteiger partial charge in [0.2, 0.25) is 5.96 Å². The molecule has 1 atom stereocenters. The third-order valence-corrected chi connectivity index (χ3v) is 5.74. The Bertz CT molecular complexity index is 1150. The van der Waals surface area contributed by atoms with Crippen LogP contribution in [0.3, 0.4) is 0 Å². The normalized spacial score (nSPS) is 19.2. The van der Waals surface area contributed by atoms with Gasteiger partial charge in [-0.25, -0.2) is 9.79 Å². The largest absolute Gasteiger partial charge is 0.491 e. The van der Waals surface area contributed by atoms with Gasteiger partial charge in [0.25, 0.3) is 5.85 Å². The molecule has 7 nitrogen and oxygen atoms in total. The molecule has 0 spiro atoms. The quantitative estimate of drug-likeness (QED) is 0.488. The average molecular weight is 423 g/mol. The standard InChI is InChI=1S/C18H16F3N5O2S/c1-25-6-5-9-13-11(8-10(14(9)25)12-4-3-7-29-12)24-16(22)26(2)18(13,23)28-15(27)17(19,20)21/h3-8H,23H2,1-2H3,(H2,22,24). The molecule has 1 unspecified atom stereocenters. The Morgan fingerprint density at radius 2 is 2.03 bits per heavy atom. The van der Waals surface area contributed by atoms with Crippen molar-refractivity contribution in [1.29, 1.82) is 0 Å². The number of aryl methyl sites for hydroxylation is 1. The number of fused-ring (bicyclic) bond motifs is 3. The molecule has 0 saturated heterocycles. The first-order chi connectivity index (χ1) is 13.5. The fourth-order valence-corrected chi connectivity index (χ4v) is 4.16. The van der Waals surface area contributed by atoms with Gasteiger partial charge in [0.05, 0.1) is 16.8 Å². The molecule has 1 aromatic carbocycles. The number of hydrogen-bond donors (Lipinski definition) is 2. The number of rotatable bonds is 2. The molecule has 1 aliphatic rings. The second-order valence-corrected chi connectivity index (χ2v) is 7.54. The maximum absolute atomic E-state index is 12.9. The predicted octanol–water partition coefficient (Wildman–Crippen LogP) is 2.97. The molecule has 0 amide bonds. The summed E-state index contributed by atoms with van der Waals surface area (Å²) in [5.74, 6) is -4.89. The Morgan fingerprint density at radius 1 is 1.31 bits per heavy atom. The third-order valence-electron chi connectivity index (χ3n) is 4.84. The fourth-order valence-electron chi connectivity index (χ4n) is 3.42. The number of ether oxygens (including phenoxy) is 1. The number of alkyl halides is 3. The van der Waals surface area contributed by atoms with Crippen LogP contribution in [0.15, 0.2) is 40.8 Å². The van der Waals surface area contributed by atoms with Crippen LogP contribution < -0.4 is 11.5 Å². The summed E-state index contributed by atoms with van der Waals surface area (Å²) >= 11 is 1.50. The van der Waals surface area contributed by atoms with Crippen LogP contribution in [0.4, 0.5) is 18.9 Å². The molecule has 4 rings (SSSR count). The van der Waals surface area contributed by atoms with E-state index in [0.29, 0.717) is 10.9 Å². The predicted molar refractivity (Wildman–Crippen MR) is 103 cm³/mol. The smallest absolute Gasteiger partial charge is 0.414 e. The van der Waals surface area contributed by atoms with Gasteiger partial charge >= 0.3 is 12.1 Å². The summed E-state index contributed by atoms with van der Waals surface area (Å²) in [5.41, 5.74) is 14.0. The highest BCUT2D eigenvalue weighted by atomic mass is 32.1. The number of halogens is 3. The van der Waals surface area contributed by atoms with Crippen LogP contribution in [0.2, 0.25) is 0 Å². The Kier molecular flexibility index (Phi) is 4.14. The molecule has 0 aliphatic carbocycles. The lowest BCUT2D eigenvalue weighted by molar-refractivity contribution is -0.226. The summed E-state index contributed by atoms with van der Waals surface area (Å²) in [7, 11) is 3.11. The van der Waals surface area contributed by atoms with Gasteiger partial charge in [0.1, 0.15) is 0 Å². The number of esters is 1. The van der Waals surface area contributed by atoms with Gasteiger partial charge < -0.3 is 15.0 Å². The molecule has 0 saturated carbocycles. The number of nitrogens with zero attached hydrogens (tertiary/aromatic N) is 3. The van der Waals surface area contributed by atoms with E-state index in [0.717, 1.165) is 15.3 Å². The van der Waals surface area contributed by atoms with Crippen molar-refractivity contribution in [3.63, 3.8) is 0 Å². The Hall–Kier alpha value is -3.05. The molecule has 29 heavy (non-hydrogen) atoms. The fraction of sp³-hybridized carbons (Fsp3) is 0.222. The number of benzene rings is 1. The zero-order valence-corrected chi connectivity index (χ0v) is 16.1. The van der Waals surface area contributed by atoms with Crippen molar-refractivity contribution in [1.82, 2.24) is 9.47 Å². The van der Waals surface area contributed by atoms with E-state index in [2.05, 4.69) is 4.99 Å². The van der Waals surface area contributed by atoms with Crippen LogP contribution in [0.25, 0.3) is 21.3 Å². The molecule has 152 valence electrons. The zero-order valence-electron chi connectivity index (χ0n) is 15.3. The van der Waals surface area contributed by atoms with Gasteiger partial charge in [-0.3, -0.25) is 10.6 Å². The lowest BCUT2D eigenvalue weighted by Gasteiger charge is -2.41. The number of nitrogens with two attached hydrogens (primary N) is 2. The van der Waals surface area contributed by atoms with Gasteiger partial charge in [0, 0.05) is 36.1 Å². The minimum atomic E-state index is -5.22. The Morgan fingerprint density at radius 3 is 2.66 bits per heavy atom. The number of thiophene rings is 1. The number of carbonyl (C=O) groups excluding carboxylic acids is 1. The summed E-state index contributed by atoms with van der Waals surface area (Å²) in [6.45, 7) is 0. The maximum Gasteiger partial charge on any atom is 0.491 e. The lowest BCUT2D eigenvalue weighted by atomic mass is 9.96. The van der Waals surface area contributed by atoms with Crippen LogP contribution >= 0.6 is 11.3 Å². The van der Waals surface area contributed by atoms with E-state index >= 15 is 0 Å². The van der Waals surface area contributed by atoms with Crippen LogP contribution in [-0.4, -0.2) is 34.6 Å². The molecular formula is C18H16F3N5O2S. The van der Waals surface area contributed by atoms with Crippen molar-refractivity contribution in [3.8, 4) is 10.4 Å². The van der Waals surface area contributed by atoms with Gasteiger partial charge in [-0.1, -0.05) is 6.07 Å². The van der Waals surface area contributed by atoms with E-state index in [1.54, 1.807) is 25.4 Å². The minimum Gasteiger partial charge on any atom is -0.414 e. The summed E-state index contributed by atoms with van der Waals surface area (Å²) in [6.07, 6.45) is -3.47. The van der Waals surface area contributed by atoms with Crippen molar-refractivity contribution in [2.75, 3.05) is 7.05 Å². The SMILES string of the molecule is CN1C(N)=Nc2cc(-c3cccs3)c3c(ccn3C)c2C1(N)OC(=O)C(F)(F)F. The van der Waals surface area contributed by atoms with Crippen LogP contribution in [0, 0.1) is 0 Å². The molecule has 0 fully saturated rings. The van der Waals surface area contributed by atoms with Crippen LogP contribution in [0.1, 0.15) is 5.56 Å². The monoisotopic (exact) mass is 423 g/mol. The van der Waals surface area contributed by atoms with E-state index in [9.17, 15) is 18.0 Å². The van der Waals surface area contributed by atoms with Crippen molar-refractivity contribution in [2.45, 2.75) is 12.0 Å². The molecule has 3 heterocycles. The number of hydrogen-bond acceptors (Lipinski definition) is 7. The second kappa shape index (κ2) is 6.22. The first kappa shape index (κ1) is 19.3. The first-order valence-corrected chi connectivity index (χ1v) is 9.25. The van der Waals surface area contributed by atoms with E-state index < -0.39 is 18.0 Å². The number of aromatic nitrogens is 1. The minimum absolute atomic E-state index is 0.128. The highest BCUT2D eigenvalue weighted by Crippen LogP contribution is 2.46. The molecule has 4 N–H and O–H groups in total. The number of guanidine groups is 1. The number of carbonyl (C=O) groups is 1. The average Bonchev–Trinajstić information content (AvgIpc) is 3.29. The molecule has 3 aromatic rings. The summed E-state index contributed by atoms with van der Waals surface area (Å²) in [6, 6.07) is 7.18. The van der Waals surface area contributed by atoms with Crippen molar-refractivity contribution < 1.29 is 22.7 Å². The molecule has 0 radical (unpaired) electrons. The highest BCUT2D eigenvalue weighted by Gasteiger charge is 2.51. The first-order valence-electron chi connectivity index (χ1n) is 8.37. The van der Waals surface area contributed by atoms with Gasteiger partial charge in [-0.15, -0.1) is 11.3 Å². The van der Waals surface area contributed by atoms with E-state index in [1.807, 2.05) is 22.1 Å². The van der Waals surface area contributed by atoms with E-state index in [4.69, 9.17) is 16.2 Å². The second-order valence-electron chi connectivity index (χ2n) is 6.60. The molecule has 1 aliphatic heterocycles. The Labute approximate surface area is 167 Å². The number of aliphatic imine (C=N–C) groups is 1. The van der Waals surface area contributed by atoms with Crippen molar-refractivity contribution in [3.05, 3.63) is 41.4 Å². The maximum atomic E-state index is 12.9. The van der Waals surface area contributed by atoms with Crippen LogP contribution in [0.5, 0.6) is 0 Å². The van der Waals surface area contributed by atoms with E-state index in [-0.39, 0.29) is 17.2 Å². The van der Waals surface area contributed by atoms with Crippen molar-refractivity contribution >= 4 is 39.9 Å². The molecule has 11 heteroatoms. The topological polar surface area (TPSA) is 98.9 Å². The van der Waals surface area contributed by atoms with Gasteiger partial charge in [-0.05, 0) is 23.6 Å².